The maximum Gasteiger partial charge on any atom is 0.341 e. The van der Waals surface area contributed by atoms with Crippen LogP contribution in [0.3, 0.4) is 0 Å². The van der Waals surface area contributed by atoms with Gasteiger partial charge in [-0.3, -0.25) is 4.79 Å². The Morgan fingerprint density at radius 1 is 1.32 bits per heavy atom. The summed E-state index contributed by atoms with van der Waals surface area (Å²) >= 11 is 16.9. The molecule has 6 nitrogen and oxygen atoms in total. The summed E-state index contributed by atoms with van der Waals surface area (Å²) in [7, 11) is 0. The summed E-state index contributed by atoms with van der Waals surface area (Å²) in [5, 5.41) is 2.68. The third-order valence-electron chi connectivity index (χ3n) is 3.53. The number of ether oxygens (including phenoxy) is 2. The van der Waals surface area contributed by atoms with Gasteiger partial charge in [-0.15, -0.1) is 0 Å². The van der Waals surface area contributed by atoms with Crippen LogP contribution in [0.2, 0.25) is 0 Å². The number of halogens is 3. The highest BCUT2D eigenvalue weighted by molar-refractivity contribution is 6.67. The van der Waals surface area contributed by atoms with Gasteiger partial charge in [0.1, 0.15) is 18.3 Å². The average molecular weight is 408 g/mol. The minimum atomic E-state index is -1.72. The van der Waals surface area contributed by atoms with Crippen LogP contribution in [0, 0.1) is 5.92 Å². The number of para-hydroxylation sites is 1. The Morgan fingerprint density at radius 3 is 2.64 bits per heavy atom. The van der Waals surface area contributed by atoms with E-state index in [0.717, 1.165) is 0 Å². The smallest absolute Gasteiger partial charge is 0.341 e. The molecule has 0 radical (unpaired) electrons. The average Bonchev–Trinajstić information content (AvgIpc) is 2.52. The topological polar surface area (TPSA) is 77.0 Å². The number of amides is 2. The van der Waals surface area contributed by atoms with E-state index in [1.165, 1.54) is 0 Å². The van der Waals surface area contributed by atoms with Crippen molar-refractivity contribution in [2.45, 2.75) is 23.7 Å². The number of carbonyl (C=O) groups is 2. The number of aliphatic imine (C=N–C) groups is 1. The van der Waals surface area contributed by atoms with Crippen molar-refractivity contribution < 1.29 is 19.1 Å². The summed E-state index contributed by atoms with van der Waals surface area (Å²) in [5.74, 6) is -0.945. The molecule has 9 heteroatoms. The van der Waals surface area contributed by atoms with Gasteiger partial charge in [-0.25, -0.2) is 9.79 Å². The maximum atomic E-state index is 12.5. The van der Waals surface area contributed by atoms with Gasteiger partial charge in [0.2, 0.25) is 3.79 Å². The van der Waals surface area contributed by atoms with E-state index in [-0.39, 0.29) is 0 Å². The Labute approximate surface area is 160 Å². The molecular formula is C16H17Cl3N2O4. The van der Waals surface area contributed by atoms with Gasteiger partial charge < -0.3 is 14.8 Å². The molecule has 2 atom stereocenters. The van der Waals surface area contributed by atoms with Gasteiger partial charge in [0, 0.05) is 11.3 Å². The van der Waals surface area contributed by atoms with E-state index in [9.17, 15) is 9.59 Å². The molecule has 1 aromatic rings. The molecule has 1 aliphatic heterocycles. The van der Waals surface area contributed by atoms with Crippen LogP contribution in [-0.2, 0) is 9.53 Å². The lowest BCUT2D eigenvalue weighted by Gasteiger charge is -2.31. The van der Waals surface area contributed by atoms with Gasteiger partial charge in [0.25, 0.3) is 0 Å². The molecule has 1 aromatic carbocycles. The molecule has 0 fully saturated rings. The zero-order valence-electron chi connectivity index (χ0n) is 13.6. The van der Waals surface area contributed by atoms with Crippen molar-refractivity contribution in [3.8, 4) is 5.75 Å². The summed E-state index contributed by atoms with van der Waals surface area (Å²) in [6.07, 6.45) is 0. The highest BCUT2D eigenvalue weighted by Crippen LogP contribution is 2.34. The molecule has 1 N–H and O–H groups in total. The lowest BCUT2D eigenvalue weighted by atomic mass is 9.88. The quantitative estimate of drug-likeness (QED) is 0.594. The van der Waals surface area contributed by atoms with E-state index in [2.05, 4.69) is 10.3 Å². The number of rotatable bonds is 5. The molecule has 1 heterocycles. The molecule has 0 aliphatic carbocycles. The van der Waals surface area contributed by atoms with Crippen LogP contribution >= 0.6 is 34.8 Å². The predicted octanol–water partition coefficient (Wildman–Crippen LogP) is 3.84. The van der Waals surface area contributed by atoms with E-state index in [1.54, 1.807) is 31.2 Å². The third-order valence-corrected chi connectivity index (χ3v) is 3.85. The van der Waals surface area contributed by atoms with Crippen LogP contribution < -0.4 is 10.1 Å². The number of urea groups is 1. The summed E-state index contributed by atoms with van der Waals surface area (Å²) in [5.41, 5.74) is 0.956. The molecule has 0 saturated carbocycles. The number of alkyl halides is 3. The van der Waals surface area contributed by atoms with Crippen LogP contribution in [0.25, 0.3) is 0 Å². The fourth-order valence-electron chi connectivity index (χ4n) is 2.55. The third kappa shape index (κ3) is 5.23. The van der Waals surface area contributed by atoms with E-state index < -0.39 is 34.4 Å². The van der Waals surface area contributed by atoms with Crippen LogP contribution in [0.15, 0.2) is 29.3 Å². The minimum Gasteiger partial charge on any atom is -0.494 e. The number of hydrogen-bond donors (Lipinski definition) is 1. The zero-order valence-corrected chi connectivity index (χ0v) is 15.9. The van der Waals surface area contributed by atoms with Crippen LogP contribution in [0.1, 0.15) is 25.5 Å². The SMILES string of the molecule is CCOc1ccccc1C1NC(=O)N=C(C)C1C(=O)OCC(Cl)(Cl)Cl. The molecular weight excluding hydrogens is 391 g/mol. The van der Waals surface area contributed by atoms with Crippen LogP contribution in [0.4, 0.5) is 4.79 Å². The lowest BCUT2D eigenvalue weighted by molar-refractivity contribution is -0.146. The largest absolute Gasteiger partial charge is 0.494 e. The van der Waals surface area contributed by atoms with Crippen molar-refractivity contribution in [3.63, 3.8) is 0 Å². The maximum absolute atomic E-state index is 12.5. The molecule has 2 amide bonds. The van der Waals surface area contributed by atoms with Gasteiger partial charge in [-0.05, 0) is 19.9 Å². The number of carbonyl (C=O) groups excluding carboxylic acids is 2. The first-order chi connectivity index (χ1) is 11.7. The van der Waals surface area contributed by atoms with Gasteiger partial charge in [0.05, 0.1) is 12.6 Å². The first kappa shape index (κ1) is 19.8. The molecule has 0 spiro atoms. The normalized spacial score (nSPS) is 20.5. The van der Waals surface area contributed by atoms with Gasteiger partial charge in [0.15, 0.2) is 0 Å². The summed E-state index contributed by atoms with van der Waals surface area (Å²) in [4.78, 5) is 28.2. The Hall–Kier alpha value is -1.50. The van der Waals surface area contributed by atoms with Crippen molar-refractivity contribution >= 4 is 52.5 Å². The Bertz CT molecular complexity index is 688. The molecule has 136 valence electrons. The summed E-state index contributed by atoms with van der Waals surface area (Å²) in [6.45, 7) is 3.45. The Balaban J connectivity index is 2.35. The molecule has 0 bridgehead atoms. The fraction of sp³-hybridized carbons (Fsp3) is 0.438. The highest BCUT2D eigenvalue weighted by Gasteiger charge is 2.40. The van der Waals surface area contributed by atoms with Crippen molar-refractivity contribution in [1.82, 2.24) is 5.32 Å². The monoisotopic (exact) mass is 406 g/mol. The van der Waals surface area contributed by atoms with Gasteiger partial charge in [-0.2, -0.15) is 0 Å². The van der Waals surface area contributed by atoms with E-state index >= 15 is 0 Å². The summed E-state index contributed by atoms with van der Waals surface area (Å²) < 4.78 is 8.97. The lowest BCUT2D eigenvalue weighted by Crippen LogP contribution is -2.44. The molecule has 0 aromatic heterocycles. The standard InChI is InChI=1S/C16H17Cl3N2O4/c1-3-24-11-7-5-4-6-10(11)13-12(9(2)20-15(23)21-13)14(22)25-8-16(17,18)19/h4-7,12-13H,3,8H2,1-2H3,(H,21,23). The highest BCUT2D eigenvalue weighted by atomic mass is 35.6. The van der Waals surface area contributed by atoms with E-state index in [4.69, 9.17) is 44.3 Å². The molecule has 2 rings (SSSR count). The summed E-state index contributed by atoms with van der Waals surface area (Å²) in [6, 6.07) is 5.87. The second-order valence-corrected chi connectivity index (χ2v) is 7.87. The molecule has 25 heavy (non-hydrogen) atoms. The molecule has 2 unspecified atom stereocenters. The Kier molecular flexibility index (Phi) is 6.54. The zero-order chi connectivity index (χ0) is 18.6. The second-order valence-electron chi connectivity index (χ2n) is 5.35. The number of nitrogens with zero attached hydrogens (tertiary/aromatic N) is 1. The fourth-order valence-corrected chi connectivity index (χ4v) is 2.71. The Morgan fingerprint density at radius 2 is 2.00 bits per heavy atom. The minimum absolute atomic E-state index is 0.314. The number of esters is 1. The first-order valence-corrected chi connectivity index (χ1v) is 8.67. The van der Waals surface area contributed by atoms with Crippen molar-refractivity contribution in [3.05, 3.63) is 29.8 Å². The van der Waals surface area contributed by atoms with E-state index in [0.29, 0.717) is 23.6 Å². The van der Waals surface area contributed by atoms with Crippen molar-refractivity contribution in [2.24, 2.45) is 10.9 Å². The van der Waals surface area contributed by atoms with Gasteiger partial charge >= 0.3 is 12.0 Å². The van der Waals surface area contributed by atoms with Crippen molar-refractivity contribution in [1.29, 1.82) is 0 Å². The van der Waals surface area contributed by atoms with Gasteiger partial charge in [-0.1, -0.05) is 53.0 Å². The molecule has 1 aliphatic rings. The van der Waals surface area contributed by atoms with Crippen LogP contribution in [0.5, 0.6) is 5.75 Å². The number of nitrogens with one attached hydrogen (secondary N) is 1. The second kappa shape index (κ2) is 8.25. The predicted molar refractivity (Wildman–Crippen MR) is 96.7 cm³/mol. The number of benzene rings is 1. The van der Waals surface area contributed by atoms with Crippen molar-refractivity contribution in [2.75, 3.05) is 13.2 Å². The first-order valence-electron chi connectivity index (χ1n) is 7.53. The van der Waals surface area contributed by atoms with Crippen LogP contribution in [-0.4, -0.2) is 34.7 Å². The molecule has 0 saturated heterocycles. The number of hydrogen-bond acceptors (Lipinski definition) is 4. The van der Waals surface area contributed by atoms with E-state index in [1.807, 2.05) is 6.92 Å².